The van der Waals surface area contributed by atoms with Gasteiger partial charge < -0.3 is 9.88 Å². The number of benzene rings is 1. The minimum absolute atomic E-state index is 0.0994. The fraction of sp³-hybridized carbons (Fsp3) is 0.381. The van der Waals surface area contributed by atoms with Crippen LogP contribution in [0, 0.1) is 5.82 Å². The Bertz CT molecular complexity index is 1200. The zero-order valence-corrected chi connectivity index (χ0v) is 18.2. The Hall–Kier alpha value is -2.42. The van der Waals surface area contributed by atoms with Crippen molar-refractivity contribution in [2.45, 2.75) is 51.1 Å². The number of nitrogens with one attached hydrogen (secondary N) is 1. The van der Waals surface area contributed by atoms with Crippen LogP contribution >= 0.6 is 15.9 Å². The van der Waals surface area contributed by atoms with Gasteiger partial charge in [-0.05, 0) is 42.6 Å². The third kappa shape index (κ3) is 3.49. The highest BCUT2D eigenvalue weighted by molar-refractivity contribution is 9.10. The SMILES string of the molecule is C[C@@H](Nc1ncnc2c(Br)c(=O)n(C3(C)CC3)cc12)c1cccc(C(C)(F)F)c1F. The molecule has 1 aromatic carbocycles. The van der Waals surface area contributed by atoms with E-state index in [1.54, 1.807) is 17.7 Å². The van der Waals surface area contributed by atoms with E-state index in [0.717, 1.165) is 18.9 Å². The van der Waals surface area contributed by atoms with Crippen LogP contribution in [0.2, 0.25) is 0 Å². The van der Waals surface area contributed by atoms with Gasteiger partial charge in [-0.25, -0.2) is 23.1 Å². The van der Waals surface area contributed by atoms with E-state index in [1.165, 1.54) is 18.5 Å². The number of hydrogen-bond acceptors (Lipinski definition) is 4. The zero-order valence-electron chi connectivity index (χ0n) is 16.6. The highest BCUT2D eigenvalue weighted by atomic mass is 79.9. The molecule has 1 atom stereocenters. The number of aromatic nitrogens is 3. The van der Waals surface area contributed by atoms with Crippen molar-refractivity contribution >= 4 is 32.7 Å². The van der Waals surface area contributed by atoms with Gasteiger partial charge >= 0.3 is 0 Å². The van der Waals surface area contributed by atoms with E-state index in [9.17, 15) is 18.0 Å². The summed E-state index contributed by atoms with van der Waals surface area (Å²) in [6.07, 6.45) is 4.79. The third-order valence-electron chi connectivity index (χ3n) is 5.63. The maximum atomic E-state index is 14.8. The van der Waals surface area contributed by atoms with Gasteiger partial charge in [-0.2, -0.15) is 0 Å². The van der Waals surface area contributed by atoms with E-state index in [-0.39, 0.29) is 16.7 Å². The summed E-state index contributed by atoms with van der Waals surface area (Å²) in [7, 11) is 0. The number of fused-ring (bicyclic) bond motifs is 1. The minimum Gasteiger partial charge on any atom is -0.363 e. The number of rotatable bonds is 5. The van der Waals surface area contributed by atoms with Gasteiger partial charge in [0.25, 0.3) is 11.5 Å². The van der Waals surface area contributed by atoms with Crippen LogP contribution in [0.25, 0.3) is 10.9 Å². The minimum atomic E-state index is -3.29. The Morgan fingerprint density at radius 3 is 2.63 bits per heavy atom. The molecule has 1 aliphatic carbocycles. The molecule has 1 saturated carbocycles. The Morgan fingerprint density at radius 2 is 2.00 bits per heavy atom. The molecule has 0 unspecified atom stereocenters. The highest BCUT2D eigenvalue weighted by Crippen LogP contribution is 2.43. The second-order valence-electron chi connectivity index (χ2n) is 8.06. The lowest BCUT2D eigenvalue weighted by molar-refractivity contribution is 0.0136. The Labute approximate surface area is 179 Å². The summed E-state index contributed by atoms with van der Waals surface area (Å²) in [5.74, 6) is -3.85. The number of halogens is 4. The van der Waals surface area contributed by atoms with Crippen molar-refractivity contribution in [1.29, 1.82) is 0 Å². The van der Waals surface area contributed by atoms with Crippen LogP contribution < -0.4 is 10.9 Å². The largest absolute Gasteiger partial charge is 0.363 e. The van der Waals surface area contributed by atoms with E-state index in [0.29, 0.717) is 28.1 Å². The van der Waals surface area contributed by atoms with Crippen LogP contribution in [0.3, 0.4) is 0 Å². The summed E-state index contributed by atoms with van der Waals surface area (Å²) in [6, 6.07) is 3.30. The van der Waals surface area contributed by atoms with Gasteiger partial charge in [0, 0.05) is 24.2 Å². The maximum Gasteiger partial charge on any atom is 0.273 e. The summed E-state index contributed by atoms with van der Waals surface area (Å²) in [5, 5.41) is 3.68. The van der Waals surface area contributed by atoms with Crippen LogP contribution in [0.5, 0.6) is 0 Å². The lowest BCUT2D eigenvalue weighted by Gasteiger charge is -2.21. The first-order chi connectivity index (χ1) is 14.0. The molecule has 1 aliphatic rings. The molecule has 0 spiro atoms. The van der Waals surface area contributed by atoms with Gasteiger partial charge in [-0.15, -0.1) is 0 Å². The fourth-order valence-electron chi connectivity index (χ4n) is 3.53. The monoisotopic (exact) mass is 480 g/mol. The molecule has 1 N–H and O–H groups in total. The average Bonchev–Trinajstić information content (AvgIpc) is 3.42. The Balaban J connectivity index is 1.78. The molecule has 3 aromatic rings. The Morgan fingerprint density at radius 1 is 1.30 bits per heavy atom. The molecule has 5 nitrogen and oxygen atoms in total. The summed E-state index contributed by atoms with van der Waals surface area (Å²) in [5.41, 5.74) is -0.551. The number of pyridine rings is 1. The summed E-state index contributed by atoms with van der Waals surface area (Å²) in [6.45, 7) is 4.33. The van der Waals surface area contributed by atoms with Crippen molar-refractivity contribution < 1.29 is 13.2 Å². The molecule has 0 bridgehead atoms. The number of nitrogens with zero attached hydrogens (tertiary/aromatic N) is 3. The highest BCUT2D eigenvalue weighted by Gasteiger charge is 2.40. The summed E-state index contributed by atoms with van der Waals surface area (Å²) in [4.78, 5) is 21.2. The molecule has 158 valence electrons. The molecule has 2 aromatic heterocycles. The predicted molar refractivity (Wildman–Crippen MR) is 112 cm³/mol. The number of alkyl halides is 2. The Kier molecular flexibility index (Phi) is 4.91. The zero-order chi connectivity index (χ0) is 21.8. The molecule has 0 aliphatic heterocycles. The van der Waals surface area contributed by atoms with Gasteiger partial charge in [-0.1, -0.05) is 18.2 Å². The van der Waals surface area contributed by atoms with Crippen LogP contribution in [-0.4, -0.2) is 14.5 Å². The number of hydrogen-bond donors (Lipinski definition) is 1. The average molecular weight is 481 g/mol. The van der Waals surface area contributed by atoms with Gasteiger partial charge in [0.1, 0.15) is 22.4 Å². The van der Waals surface area contributed by atoms with Gasteiger partial charge in [0.15, 0.2) is 0 Å². The molecule has 0 saturated heterocycles. The van der Waals surface area contributed by atoms with Crippen molar-refractivity contribution in [3.63, 3.8) is 0 Å². The molecule has 4 rings (SSSR count). The normalized spacial score (nSPS) is 16.5. The van der Waals surface area contributed by atoms with Crippen molar-refractivity contribution in [3.8, 4) is 0 Å². The van der Waals surface area contributed by atoms with Crippen LogP contribution in [0.1, 0.15) is 50.8 Å². The van der Waals surface area contributed by atoms with Crippen LogP contribution in [0.15, 0.2) is 40.0 Å². The molecule has 0 radical (unpaired) electrons. The first kappa shape index (κ1) is 20.8. The van der Waals surface area contributed by atoms with Crippen LogP contribution in [-0.2, 0) is 11.5 Å². The summed E-state index contributed by atoms with van der Waals surface area (Å²) < 4.78 is 44.2. The van der Waals surface area contributed by atoms with E-state index in [2.05, 4.69) is 31.2 Å². The van der Waals surface area contributed by atoms with Crippen molar-refractivity contribution in [2.24, 2.45) is 0 Å². The van der Waals surface area contributed by atoms with Crippen molar-refractivity contribution in [1.82, 2.24) is 14.5 Å². The molecule has 2 heterocycles. The lowest BCUT2D eigenvalue weighted by Crippen LogP contribution is -2.28. The standard InChI is InChI=1S/C21H20BrF3N4O/c1-11(12-5-4-6-14(16(12)23)21(3,24)25)28-18-13-9-29(20(2)7-8-20)19(30)15(22)17(13)26-10-27-18/h4-6,9-11H,7-8H2,1-3H3,(H,26,27,28)/t11-/m1/s1. The fourth-order valence-corrected chi connectivity index (χ4v) is 4.04. The van der Waals surface area contributed by atoms with Crippen LogP contribution in [0.4, 0.5) is 19.0 Å². The quantitative estimate of drug-likeness (QED) is 0.524. The smallest absolute Gasteiger partial charge is 0.273 e. The molecular formula is C21H20BrF3N4O. The van der Waals surface area contributed by atoms with Gasteiger partial charge in [0.2, 0.25) is 0 Å². The number of anilines is 1. The molecule has 1 fully saturated rings. The molecular weight excluding hydrogens is 461 g/mol. The van der Waals surface area contributed by atoms with E-state index in [4.69, 9.17) is 0 Å². The molecule has 9 heteroatoms. The first-order valence-electron chi connectivity index (χ1n) is 9.52. The van der Waals surface area contributed by atoms with Crippen molar-refractivity contribution in [2.75, 3.05) is 5.32 Å². The predicted octanol–water partition coefficient (Wildman–Crippen LogP) is 5.49. The first-order valence-corrected chi connectivity index (χ1v) is 10.3. The van der Waals surface area contributed by atoms with E-state index in [1.807, 2.05) is 6.92 Å². The third-order valence-corrected chi connectivity index (χ3v) is 6.35. The molecule has 0 amide bonds. The van der Waals surface area contributed by atoms with E-state index >= 15 is 0 Å². The van der Waals surface area contributed by atoms with Gasteiger partial charge in [0.05, 0.1) is 22.5 Å². The summed E-state index contributed by atoms with van der Waals surface area (Å²) >= 11 is 3.35. The second kappa shape index (κ2) is 7.08. The lowest BCUT2D eigenvalue weighted by atomic mass is 10.0. The molecule has 30 heavy (non-hydrogen) atoms. The van der Waals surface area contributed by atoms with E-state index < -0.39 is 23.3 Å². The van der Waals surface area contributed by atoms with Crippen molar-refractivity contribution in [3.05, 3.63) is 62.5 Å². The van der Waals surface area contributed by atoms with Gasteiger partial charge in [-0.3, -0.25) is 4.79 Å². The second-order valence-corrected chi connectivity index (χ2v) is 8.86. The topological polar surface area (TPSA) is 59.8 Å². The maximum absolute atomic E-state index is 14.8.